The number of rotatable bonds is 5. The largest absolute Gasteiger partial charge is 0.496 e. The number of carboxylic acids is 1. The van der Waals surface area contributed by atoms with Crippen LogP contribution in [0, 0.1) is 5.92 Å². The van der Waals surface area contributed by atoms with Crippen LogP contribution in [0.5, 0.6) is 5.75 Å². The summed E-state index contributed by atoms with van der Waals surface area (Å²) in [7, 11) is 1.54. The van der Waals surface area contributed by atoms with Crippen molar-refractivity contribution in [2.45, 2.75) is 44.6 Å². The molecule has 1 saturated carbocycles. The fraction of sp³-hybridized carbons (Fsp3) is 0.529. The fourth-order valence-corrected chi connectivity index (χ4v) is 3.29. The van der Waals surface area contributed by atoms with E-state index in [9.17, 15) is 14.7 Å². The first kappa shape index (κ1) is 17.6. The molecule has 5 nitrogen and oxygen atoms in total. The molecule has 0 radical (unpaired) electrons. The summed E-state index contributed by atoms with van der Waals surface area (Å²) in [6.07, 6.45) is 4.28. The molecule has 0 aromatic heterocycles. The smallest absolute Gasteiger partial charge is 0.308 e. The lowest BCUT2D eigenvalue weighted by atomic mass is 9.94. The van der Waals surface area contributed by atoms with Crippen molar-refractivity contribution in [2.24, 2.45) is 5.92 Å². The number of methoxy groups -OCH3 is 1. The summed E-state index contributed by atoms with van der Waals surface area (Å²) in [5.41, 5.74) is 0.693. The zero-order valence-electron chi connectivity index (χ0n) is 13.2. The van der Waals surface area contributed by atoms with E-state index in [0.29, 0.717) is 29.2 Å². The molecule has 0 saturated heterocycles. The average molecular weight is 340 g/mol. The highest BCUT2D eigenvalue weighted by molar-refractivity contribution is 6.30. The van der Waals surface area contributed by atoms with Crippen LogP contribution in [0.2, 0.25) is 5.02 Å². The van der Waals surface area contributed by atoms with E-state index in [1.807, 2.05) is 0 Å². The van der Waals surface area contributed by atoms with Gasteiger partial charge < -0.3 is 15.2 Å². The van der Waals surface area contributed by atoms with Gasteiger partial charge in [0.05, 0.1) is 19.4 Å². The Bertz CT molecular complexity index is 576. The van der Waals surface area contributed by atoms with Crippen LogP contribution < -0.4 is 10.1 Å². The van der Waals surface area contributed by atoms with Crippen LogP contribution in [0.4, 0.5) is 0 Å². The van der Waals surface area contributed by atoms with Crippen LogP contribution in [0.1, 0.15) is 37.7 Å². The molecule has 1 aromatic rings. The SMILES string of the molecule is COc1ccc(Cl)cc1CC(=O)N[C@H]1CCCCC[C@H]1C(=O)O. The van der Waals surface area contributed by atoms with Gasteiger partial charge in [-0.2, -0.15) is 0 Å². The molecule has 1 aromatic carbocycles. The minimum atomic E-state index is -0.836. The number of carboxylic acid groups (broad SMARTS) is 1. The Hall–Kier alpha value is -1.75. The molecule has 0 heterocycles. The molecule has 6 heteroatoms. The van der Waals surface area contributed by atoms with Gasteiger partial charge >= 0.3 is 5.97 Å². The molecule has 0 unspecified atom stereocenters. The van der Waals surface area contributed by atoms with E-state index in [2.05, 4.69) is 5.32 Å². The number of aliphatic carboxylic acids is 1. The molecule has 1 amide bonds. The average Bonchev–Trinajstić information content (AvgIpc) is 2.73. The molecule has 1 aliphatic rings. The van der Waals surface area contributed by atoms with Crippen molar-refractivity contribution >= 4 is 23.5 Å². The second-order valence-corrected chi connectivity index (χ2v) is 6.33. The Balaban J connectivity index is 2.05. The summed E-state index contributed by atoms with van der Waals surface area (Å²) in [6, 6.07) is 4.80. The summed E-state index contributed by atoms with van der Waals surface area (Å²) in [4.78, 5) is 23.8. The molecule has 23 heavy (non-hydrogen) atoms. The number of benzene rings is 1. The Kier molecular flexibility index (Phi) is 6.28. The van der Waals surface area contributed by atoms with E-state index < -0.39 is 11.9 Å². The molecule has 1 fully saturated rings. The van der Waals surface area contributed by atoms with Crippen LogP contribution in [0.15, 0.2) is 18.2 Å². The predicted molar refractivity (Wildman–Crippen MR) is 87.8 cm³/mol. The van der Waals surface area contributed by atoms with Crippen molar-refractivity contribution in [3.05, 3.63) is 28.8 Å². The van der Waals surface area contributed by atoms with Gasteiger partial charge in [0.15, 0.2) is 0 Å². The van der Waals surface area contributed by atoms with E-state index in [1.54, 1.807) is 18.2 Å². The topological polar surface area (TPSA) is 75.6 Å². The zero-order valence-corrected chi connectivity index (χ0v) is 13.9. The maximum absolute atomic E-state index is 12.3. The number of carbonyl (C=O) groups excluding carboxylic acids is 1. The number of amides is 1. The molecule has 0 aliphatic heterocycles. The number of halogens is 1. The second-order valence-electron chi connectivity index (χ2n) is 5.89. The van der Waals surface area contributed by atoms with Gasteiger partial charge in [-0.05, 0) is 31.0 Å². The molecule has 2 N–H and O–H groups in total. The lowest BCUT2D eigenvalue weighted by Gasteiger charge is -2.23. The lowest BCUT2D eigenvalue weighted by molar-refractivity contribution is -0.143. The first-order chi connectivity index (χ1) is 11.0. The third-order valence-corrected chi connectivity index (χ3v) is 4.51. The highest BCUT2D eigenvalue weighted by atomic mass is 35.5. The molecule has 2 atom stereocenters. The number of carbonyl (C=O) groups is 2. The van der Waals surface area contributed by atoms with Crippen molar-refractivity contribution in [1.82, 2.24) is 5.32 Å². The summed E-state index contributed by atoms with van der Waals surface area (Å²) in [5, 5.41) is 12.8. The maximum Gasteiger partial charge on any atom is 0.308 e. The minimum absolute atomic E-state index is 0.118. The quantitative estimate of drug-likeness (QED) is 0.808. The van der Waals surface area contributed by atoms with Crippen molar-refractivity contribution < 1.29 is 19.4 Å². The molecule has 2 rings (SSSR count). The first-order valence-electron chi connectivity index (χ1n) is 7.86. The highest BCUT2D eigenvalue weighted by Gasteiger charge is 2.30. The Morgan fingerprint density at radius 1 is 1.30 bits per heavy atom. The second kappa shape index (κ2) is 8.20. The van der Waals surface area contributed by atoms with Crippen molar-refractivity contribution in [3.8, 4) is 5.75 Å². The zero-order chi connectivity index (χ0) is 16.8. The van der Waals surface area contributed by atoms with Crippen LogP contribution in [0.25, 0.3) is 0 Å². The normalized spacial score (nSPS) is 21.3. The standard InChI is InChI=1S/C17H22ClNO4/c1-23-15-8-7-12(18)9-11(15)10-16(20)19-14-6-4-2-3-5-13(14)17(21)22/h7-9,13-14H,2-6,10H2,1H3,(H,19,20)(H,21,22)/t13-,14+/m1/s1. The Labute approximate surface area is 141 Å². The van der Waals surface area contributed by atoms with E-state index >= 15 is 0 Å². The summed E-state index contributed by atoms with van der Waals surface area (Å²) in [6.45, 7) is 0. The Morgan fingerprint density at radius 2 is 2.04 bits per heavy atom. The minimum Gasteiger partial charge on any atom is -0.496 e. The lowest BCUT2D eigenvalue weighted by Crippen LogP contribution is -2.43. The number of hydrogen-bond acceptors (Lipinski definition) is 3. The molecule has 1 aliphatic carbocycles. The number of hydrogen-bond donors (Lipinski definition) is 2. The van der Waals surface area contributed by atoms with Crippen LogP contribution in [-0.2, 0) is 16.0 Å². The van der Waals surface area contributed by atoms with Gasteiger partial charge in [-0.15, -0.1) is 0 Å². The van der Waals surface area contributed by atoms with Crippen LogP contribution >= 0.6 is 11.6 Å². The summed E-state index contributed by atoms with van der Waals surface area (Å²) >= 11 is 5.97. The van der Waals surface area contributed by atoms with Crippen molar-refractivity contribution in [1.29, 1.82) is 0 Å². The first-order valence-corrected chi connectivity index (χ1v) is 8.23. The van der Waals surface area contributed by atoms with E-state index in [-0.39, 0.29) is 18.4 Å². The van der Waals surface area contributed by atoms with Crippen molar-refractivity contribution in [3.63, 3.8) is 0 Å². The molecular formula is C17H22ClNO4. The third kappa shape index (κ3) is 4.86. The number of ether oxygens (including phenoxy) is 1. The molecule has 126 valence electrons. The van der Waals surface area contributed by atoms with Gasteiger partial charge in [-0.25, -0.2) is 0 Å². The molecule has 0 spiro atoms. The van der Waals surface area contributed by atoms with Gasteiger partial charge in [0.2, 0.25) is 5.91 Å². The summed E-state index contributed by atoms with van der Waals surface area (Å²) in [5.74, 6) is -0.954. The molecule has 0 bridgehead atoms. The van der Waals surface area contributed by atoms with E-state index in [1.165, 1.54) is 7.11 Å². The van der Waals surface area contributed by atoms with E-state index in [0.717, 1.165) is 19.3 Å². The monoisotopic (exact) mass is 339 g/mol. The number of nitrogens with one attached hydrogen (secondary N) is 1. The van der Waals surface area contributed by atoms with Gasteiger partial charge in [0, 0.05) is 16.6 Å². The maximum atomic E-state index is 12.3. The van der Waals surface area contributed by atoms with Crippen LogP contribution in [-0.4, -0.2) is 30.1 Å². The Morgan fingerprint density at radius 3 is 2.74 bits per heavy atom. The van der Waals surface area contributed by atoms with Crippen LogP contribution in [0.3, 0.4) is 0 Å². The van der Waals surface area contributed by atoms with Gasteiger partial charge in [0.1, 0.15) is 5.75 Å². The van der Waals surface area contributed by atoms with Gasteiger partial charge in [-0.1, -0.05) is 30.9 Å². The highest BCUT2D eigenvalue weighted by Crippen LogP contribution is 2.25. The van der Waals surface area contributed by atoms with Gasteiger partial charge in [0.25, 0.3) is 0 Å². The van der Waals surface area contributed by atoms with Crippen molar-refractivity contribution in [2.75, 3.05) is 7.11 Å². The third-order valence-electron chi connectivity index (χ3n) is 4.27. The fourth-order valence-electron chi connectivity index (χ4n) is 3.09. The summed E-state index contributed by atoms with van der Waals surface area (Å²) < 4.78 is 5.24. The molecular weight excluding hydrogens is 318 g/mol. The van der Waals surface area contributed by atoms with Gasteiger partial charge in [-0.3, -0.25) is 9.59 Å². The predicted octanol–water partition coefficient (Wildman–Crippen LogP) is 3.04. The van der Waals surface area contributed by atoms with E-state index in [4.69, 9.17) is 16.3 Å².